The predicted octanol–water partition coefficient (Wildman–Crippen LogP) is 5.19. The summed E-state index contributed by atoms with van der Waals surface area (Å²) in [6.07, 6.45) is 3.35. The van der Waals surface area contributed by atoms with Crippen LogP contribution in [0.5, 0.6) is 17.2 Å². The molecule has 5 rings (SSSR count). The third-order valence-electron chi connectivity index (χ3n) is 7.46. The lowest BCUT2D eigenvalue weighted by molar-refractivity contribution is 0.0703. The van der Waals surface area contributed by atoms with E-state index in [1.54, 1.807) is 14.2 Å². The Bertz CT molecular complexity index is 1200. The average molecular weight is 501 g/mol. The summed E-state index contributed by atoms with van der Waals surface area (Å²) >= 11 is 0. The number of methoxy groups -OCH3 is 2. The first-order valence-corrected chi connectivity index (χ1v) is 13.1. The van der Waals surface area contributed by atoms with Gasteiger partial charge in [-0.15, -0.1) is 0 Å². The van der Waals surface area contributed by atoms with Crippen molar-refractivity contribution in [3.05, 3.63) is 89.0 Å². The lowest BCUT2D eigenvalue weighted by atomic mass is 9.97. The summed E-state index contributed by atoms with van der Waals surface area (Å²) in [6.45, 7) is 5.21. The highest BCUT2D eigenvalue weighted by molar-refractivity contribution is 5.99. The Hall–Kier alpha value is -3.51. The van der Waals surface area contributed by atoms with Crippen LogP contribution in [0.3, 0.4) is 0 Å². The van der Waals surface area contributed by atoms with Crippen molar-refractivity contribution in [1.82, 2.24) is 9.80 Å². The Morgan fingerprint density at radius 1 is 0.919 bits per heavy atom. The lowest BCUT2D eigenvalue weighted by Gasteiger charge is -2.34. The molecule has 3 aromatic carbocycles. The van der Waals surface area contributed by atoms with Gasteiger partial charge in [-0.3, -0.25) is 4.79 Å². The van der Waals surface area contributed by atoms with E-state index >= 15 is 0 Å². The maximum Gasteiger partial charge on any atom is 0.254 e. The van der Waals surface area contributed by atoms with Crippen molar-refractivity contribution in [2.75, 3.05) is 40.4 Å². The molecule has 6 heteroatoms. The molecule has 0 aliphatic carbocycles. The Balaban J connectivity index is 1.10. The standard InChI is InChI=1S/C31H36N2O4/c1-35-29-17-26-21-33(31(34)28(26)18-30(29)36-2)20-25-9-6-15-32(19-25)16-14-23-10-12-27(13-11-23)37-22-24-7-4-3-5-8-24/h3-5,7-8,10-13,17-18,25H,6,9,14-16,19-22H2,1-2H3. The number of rotatable bonds is 10. The molecule has 2 aliphatic rings. The van der Waals surface area contributed by atoms with E-state index < -0.39 is 0 Å². The molecule has 1 saturated heterocycles. The van der Waals surface area contributed by atoms with Crippen molar-refractivity contribution in [2.24, 2.45) is 5.92 Å². The van der Waals surface area contributed by atoms with E-state index in [2.05, 4.69) is 41.3 Å². The van der Waals surface area contributed by atoms with Gasteiger partial charge in [0.1, 0.15) is 12.4 Å². The Labute approximate surface area is 219 Å². The van der Waals surface area contributed by atoms with Gasteiger partial charge in [0.25, 0.3) is 5.91 Å². The number of nitrogens with zero attached hydrogens (tertiary/aromatic N) is 2. The molecule has 194 valence electrons. The van der Waals surface area contributed by atoms with Crippen LogP contribution in [0, 0.1) is 5.92 Å². The van der Waals surface area contributed by atoms with Gasteiger partial charge in [0, 0.05) is 31.7 Å². The maximum absolute atomic E-state index is 13.1. The average Bonchev–Trinajstić information content (AvgIpc) is 3.24. The van der Waals surface area contributed by atoms with Crippen LogP contribution >= 0.6 is 0 Å². The number of benzene rings is 3. The van der Waals surface area contributed by atoms with Crippen molar-refractivity contribution < 1.29 is 19.0 Å². The van der Waals surface area contributed by atoms with E-state index in [-0.39, 0.29) is 5.91 Å². The second-order valence-corrected chi connectivity index (χ2v) is 10.0. The molecule has 0 spiro atoms. The normalized spacial score (nSPS) is 17.5. The Morgan fingerprint density at radius 2 is 1.68 bits per heavy atom. The molecule has 3 aromatic rings. The summed E-state index contributed by atoms with van der Waals surface area (Å²) < 4.78 is 16.7. The summed E-state index contributed by atoms with van der Waals surface area (Å²) in [5, 5.41) is 0. The minimum absolute atomic E-state index is 0.0997. The summed E-state index contributed by atoms with van der Waals surface area (Å²) in [7, 11) is 3.23. The smallest absolute Gasteiger partial charge is 0.254 e. The number of piperidine rings is 1. The van der Waals surface area contributed by atoms with Crippen LogP contribution < -0.4 is 14.2 Å². The van der Waals surface area contributed by atoms with Gasteiger partial charge in [0.15, 0.2) is 11.5 Å². The molecule has 2 aliphatic heterocycles. The van der Waals surface area contributed by atoms with Crippen LogP contribution in [0.4, 0.5) is 0 Å². The number of carbonyl (C=O) groups excluding carboxylic acids is 1. The molecular weight excluding hydrogens is 464 g/mol. The number of hydrogen-bond acceptors (Lipinski definition) is 5. The molecule has 1 amide bonds. The van der Waals surface area contributed by atoms with Crippen LogP contribution in [0.2, 0.25) is 0 Å². The highest BCUT2D eigenvalue weighted by Crippen LogP contribution is 2.35. The van der Waals surface area contributed by atoms with Crippen molar-refractivity contribution in [2.45, 2.75) is 32.4 Å². The molecule has 0 saturated carbocycles. The largest absolute Gasteiger partial charge is 0.493 e. The zero-order valence-corrected chi connectivity index (χ0v) is 21.8. The van der Waals surface area contributed by atoms with Crippen LogP contribution in [-0.4, -0.2) is 56.1 Å². The zero-order chi connectivity index (χ0) is 25.6. The Morgan fingerprint density at radius 3 is 2.43 bits per heavy atom. The van der Waals surface area contributed by atoms with E-state index in [0.717, 1.165) is 55.9 Å². The van der Waals surface area contributed by atoms with Gasteiger partial charge in [-0.2, -0.15) is 0 Å². The minimum atomic E-state index is 0.0997. The van der Waals surface area contributed by atoms with Gasteiger partial charge in [-0.25, -0.2) is 0 Å². The Kier molecular flexibility index (Phi) is 7.95. The number of fused-ring (bicyclic) bond motifs is 1. The molecule has 37 heavy (non-hydrogen) atoms. The minimum Gasteiger partial charge on any atom is -0.493 e. The predicted molar refractivity (Wildman–Crippen MR) is 144 cm³/mol. The summed E-state index contributed by atoms with van der Waals surface area (Å²) in [4.78, 5) is 17.6. The fourth-order valence-electron chi connectivity index (χ4n) is 5.44. The van der Waals surface area contributed by atoms with Crippen molar-refractivity contribution in [3.8, 4) is 17.2 Å². The van der Waals surface area contributed by atoms with Crippen molar-refractivity contribution in [3.63, 3.8) is 0 Å². The van der Waals surface area contributed by atoms with Crippen LogP contribution in [0.15, 0.2) is 66.7 Å². The number of amides is 1. The number of likely N-dealkylation sites (tertiary alicyclic amines) is 1. The highest BCUT2D eigenvalue weighted by Gasteiger charge is 2.32. The molecule has 2 heterocycles. The molecule has 0 bridgehead atoms. The maximum atomic E-state index is 13.1. The summed E-state index contributed by atoms with van der Waals surface area (Å²) in [5.74, 6) is 2.77. The van der Waals surface area contributed by atoms with E-state index in [0.29, 0.717) is 30.6 Å². The fraction of sp³-hybridized carbons (Fsp3) is 0.387. The SMILES string of the molecule is COc1cc2c(cc1OC)C(=O)N(CC1CCCN(CCc3ccc(OCc4ccccc4)cc3)C1)C2. The second kappa shape index (κ2) is 11.7. The number of hydrogen-bond donors (Lipinski definition) is 0. The first-order valence-electron chi connectivity index (χ1n) is 13.1. The van der Waals surface area contributed by atoms with Crippen LogP contribution in [-0.2, 0) is 19.6 Å². The molecule has 1 fully saturated rings. The molecule has 0 N–H and O–H groups in total. The third kappa shape index (κ3) is 6.08. The zero-order valence-electron chi connectivity index (χ0n) is 21.8. The molecule has 1 atom stereocenters. The number of carbonyl (C=O) groups is 1. The van der Waals surface area contributed by atoms with Gasteiger partial charge >= 0.3 is 0 Å². The molecule has 1 unspecified atom stereocenters. The van der Waals surface area contributed by atoms with Crippen molar-refractivity contribution >= 4 is 5.91 Å². The third-order valence-corrected chi connectivity index (χ3v) is 7.46. The fourth-order valence-corrected chi connectivity index (χ4v) is 5.44. The van der Waals surface area contributed by atoms with Crippen LogP contribution in [0.1, 0.15) is 39.9 Å². The second-order valence-electron chi connectivity index (χ2n) is 10.0. The van der Waals surface area contributed by atoms with Crippen molar-refractivity contribution in [1.29, 1.82) is 0 Å². The van der Waals surface area contributed by atoms with Crippen LogP contribution in [0.25, 0.3) is 0 Å². The molecule has 0 radical (unpaired) electrons. The summed E-state index contributed by atoms with van der Waals surface area (Å²) in [5.41, 5.74) is 4.25. The monoisotopic (exact) mass is 500 g/mol. The van der Waals surface area contributed by atoms with E-state index in [1.165, 1.54) is 17.5 Å². The first kappa shape index (κ1) is 25.2. The van der Waals surface area contributed by atoms with Gasteiger partial charge in [0.2, 0.25) is 0 Å². The van der Waals surface area contributed by atoms with E-state index in [4.69, 9.17) is 14.2 Å². The van der Waals surface area contributed by atoms with E-state index in [1.807, 2.05) is 35.2 Å². The lowest BCUT2D eigenvalue weighted by Crippen LogP contribution is -2.41. The number of ether oxygens (including phenoxy) is 3. The molecule has 6 nitrogen and oxygen atoms in total. The highest BCUT2D eigenvalue weighted by atomic mass is 16.5. The van der Waals surface area contributed by atoms with Gasteiger partial charge in [0.05, 0.1) is 14.2 Å². The van der Waals surface area contributed by atoms with Gasteiger partial charge < -0.3 is 24.0 Å². The molecule has 0 aromatic heterocycles. The molecular formula is C31H36N2O4. The first-order chi connectivity index (χ1) is 18.1. The summed E-state index contributed by atoms with van der Waals surface area (Å²) in [6, 6.07) is 22.5. The van der Waals surface area contributed by atoms with E-state index in [9.17, 15) is 4.79 Å². The van der Waals surface area contributed by atoms with Gasteiger partial charge in [-0.1, -0.05) is 42.5 Å². The van der Waals surface area contributed by atoms with Gasteiger partial charge in [-0.05, 0) is 72.7 Å². The quantitative estimate of drug-likeness (QED) is 0.383. The topological polar surface area (TPSA) is 51.2 Å².